The highest BCUT2D eigenvalue weighted by Gasteiger charge is 2.44. The number of carbonyl (C=O) groups is 2. The number of amides is 1. The van der Waals surface area contributed by atoms with E-state index in [-0.39, 0.29) is 11.9 Å². The SMILES string of the molecule is COC(=O)C1(NC(=O)c2cc3c(s2)-c2ccccc2CC3)CCCC1. The molecule has 0 radical (unpaired) electrons. The zero-order valence-electron chi connectivity index (χ0n) is 14.3. The van der Waals surface area contributed by atoms with Crippen LogP contribution in [0, 0.1) is 0 Å². The zero-order valence-corrected chi connectivity index (χ0v) is 15.1. The maximum Gasteiger partial charge on any atom is 0.331 e. The fourth-order valence-electron chi connectivity index (χ4n) is 4.02. The van der Waals surface area contributed by atoms with Gasteiger partial charge in [0.25, 0.3) is 5.91 Å². The molecule has 2 aliphatic rings. The van der Waals surface area contributed by atoms with E-state index in [2.05, 4.69) is 23.5 Å². The van der Waals surface area contributed by atoms with Crippen LogP contribution in [0.2, 0.25) is 0 Å². The molecule has 0 bridgehead atoms. The van der Waals surface area contributed by atoms with Gasteiger partial charge in [0.05, 0.1) is 12.0 Å². The molecule has 130 valence electrons. The van der Waals surface area contributed by atoms with E-state index in [1.165, 1.54) is 40.0 Å². The number of carbonyl (C=O) groups excluding carboxylic acids is 2. The molecule has 1 saturated carbocycles. The van der Waals surface area contributed by atoms with Crippen LogP contribution in [0.25, 0.3) is 10.4 Å². The quantitative estimate of drug-likeness (QED) is 0.854. The van der Waals surface area contributed by atoms with Crippen molar-refractivity contribution in [3.05, 3.63) is 46.3 Å². The first-order valence-corrected chi connectivity index (χ1v) is 9.56. The van der Waals surface area contributed by atoms with E-state index in [1.54, 1.807) is 0 Å². The van der Waals surface area contributed by atoms with E-state index < -0.39 is 5.54 Å². The number of hydrogen-bond donors (Lipinski definition) is 1. The van der Waals surface area contributed by atoms with Crippen LogP contribution in [0.15, 0.2) is 30.3 Å². The van der Waals surface area contributed by atoms with Crippen LogP contribution < -0.4 is 5.32 Å². The van der Waals surface area contributed by atoms with Crippen LogP contribution in [0.1, 0.15) is 46.5 Å². The van der Waals surface area contributed by atoms with Crippen molar-refractivity contribution in [3.63, 3.8) is 0 Å². The van der Waals surface area contributed by atoms with Crippen molar-refractivity contribution in [2.75, 3.05) is 7.11 Å². The Hall–Kier alpha value is -2.14. The minimum Gasteiger partial charge on any atom is -0.467 e. The summed E-state index contributed by atoms with van der Waals surface area (Å²) in [5.74, 6) is -0.491. The average molecular weight is 355 g/mol. The molecule has 1 fully saturated rings. The highest BCUT2D eigenvalue weighted by atomic mass is 32.1. The number of methoxy groups -OCH3 is 1. The molecule has 4 rings (SSSR count). The highest BCUT2D eigenvalue weighted by molar-refractivity contribution is 7.17. The maximum atomic E-state index is 12.8. The number of hydrogen-bond acceptors (Lipinski definition) is 4. The summed E-state index contributed by atoms with van der Waals surface area (Å²) in [6, 6.07) is 10.4. The number of fused-ring (bicyclic) bond motifs is 3. The number of thiophene rings is 1. The van der Waals surface area contributed by atoms with Gasteiger partial charge in [0.15, 0.2) is 0 Å². The number of ether oxygens (including phenoxy) is 1. The lowest BCUT2D eigenvalue weighted by molar-refractivity contribution is -0.148. The average Bonchev–Trinajstić information content (AvgIpc) is 3.28. The molecule has 1 aromatic heterocycles. The van der Waals surface area contributed by atoms with Gasteiger partial charge >= 0.3 is 5.97 Å². The summed E-state index contributed by atoms with van der Waals surface area (Å²) < 4.78 is 4.95. The first-order chi connectivity index (χ1) is 12.1. The van der Waals surface area contributed by atoms with Gasteiger partial charge in [0.1, 0.15) is 5.54 Å². The number of benzene rings is 1. The van der Waals surface area contributed by atoms with Crippen LogP contribution >= 0.6 is 11.3 Å². The normalized spacial score (nSPS) is 17.5. The number of nitrogens with one attached hydrogen (secondary N) is 1. The summed E-state index contributed by atoms with van der Waals surface area (Å²) in [7, 11) is 1.38. The molecule has 0 unspecified atom stereocenters. The van der Waals surface area contributed by atoms with Crippen LogP contribution in [0.5, 0.6) is 0 Å². The zero-order chi connectivity index (χ0) is 17.4. The molecule has 1 amide bonds. The molecule has 2 aromatic rings. The molecule has 0 atom stereocenters. The van der Waals surface area contributed by atoms with Crippen molar-refractivity contribution in [1.82, 2.24) is 5.32 Å². The molecule has 25 heavy (non-hydrogen) atoms. The molecule has 5 heteroatoms. The topological polar surface area (TPSA) is 55.4 Å². The Labute approximate surface area is 151 Å². The van der Waals surface area contributed by atoms with Crippen LogP contribution in [-0.2, 0) is 22.4 Å². The lowest BCUT2D eigenvalue weighted by atomic mass is 9.91. The monoisotopic (exact) mass is 355 g/mol. The molecule has 2 aliphatic carbocycles. The van der Waals surface area contributed by atoms with Gasteiger partial charge in [-0.1, -0.05) is 37.1 Å². The van der Waals surface area contributed by atoms with E-state index in [4.69, 9.17) is 4.74 Å². The van der Waals surface area contributed by atoms with Crippen molar-refractivity contribution >= 4 is 23.2 Å². The van der Waals surface area contributed by atoms with Crippen molar-refractivity contribution in [2.24, 2.45) is 0 Å². The second-order valence-corrected chi connectivity index (χ2v) is 7.91. The molecule has 0 spiro atoms. The molecule has 1 N–H and O–H groups in total. The highest BCUT2D eigenvalue weighted by Crippen LogP contribution is 2.40. The maximum absolute atomic E-state index is 12.8. The second-order valence-electron chi connectivity index (χ2n) is 6.86. The molecular formula is C20H21NO3S. The van der Waals surface area contributed by atoms with Crippen molar-refractivity contribution in [3.8, 4) is 10.4 Å². The number of esters is 1. The van der Waals surface area contributed by atoms with Gasteiger partial charge in [0.2, 0.25) is 0 Å². The van der Waals surface area contributed by atoms with Crippen LogP contribution in [0.3, 0.4) is 0 Å². The number of aryl methyl sites for hydroxylation is 2. The summed E-state index contributed by atoms with van der Waals surface area (Å²) in [6.45, 7) is 0. The fraction of sp³-hybridized carbons (Fsp3) is 0.400. The van der Waals surface area contributed by atoms with E-state index >= 15 is 0 Å². The first-order valence-electron chi connectivity index (χ1n) is 8.75. The molecule has 4 nitrogen and oxygen atoms in total. The smallest absolute Gasteiger partial charge is 0.331 e. The molecular weight excluding hydrogens is 334 g/mol. The predicted octanol–water partition coefficient (Wildman–Crippen LogP) is 3.73. The van der Waals surface area contributed by atoms with E-state index in [0.717, 1.165) is 25.7 Å². The minimum absolute atomic E-state index is 0.163. The van der Waals surface area contributed by atoms with Gasteiger partial charge in [-0.25, -0.2) is 4.79 Å². The van der Waals surface area contributed by atoms with E-state index in [0.29, 0.717) is 17.7 Å². The molecule has 0 aliphatic heterocycles. The first kappa shape index (κ1) is 16.3. The van der Waals surface area contributed by atoms with Crippen molar-refractivity contribution in [1.29, 1.82) is 0 Å². The molecule has 1 heterocycles. The summed E-state index contributed by atoms with van der Waals surface area (Å²) in [5, 5.41) is 2.99. The Kier molecular flexibility index (Phi) is 4.12. The molecule has 1 aromatic carbocycles. The largest absolute Gasteiger partial charge is 0.467 e. The van der Waals surface area contributed by atoms with Gasteiger partial charge in [0, 0.05) is 4.88 Å². The third kappa shape index (κ3) is 2.76. The summed E-state index contributed by atoms with van der Waals surface area (Å²) in [6.07, 6.45) is 5.14. The van der Waals surface area contributed by atoms with Gasteiger partial charge in [-0.05, 0) is 48.4 Å². The van der Waals surface area contributed by atoms with Crippen molar-refractivity contribution in [2.45, 2.75) is 44.1 Å². The number of rotatable bonds is 3. The Morgan fingerprint density at radius 3 is 2.60 bits per heavy atom. The minimum atomic E-state index is -0.853. The second kappa shape index (κ2) is 6.30. The van der Waals surface area contributed by atoms with Gasteiger partial charge in [-0.2, -0.15) is 0 Å². The van der Waals surface area contributed by atoms with Crippen molar-refractivity contribution < 1.29 is 14.3 Å². The van der Waals surface area contributed by atoms with Crippen LogP contribution in [-0.4, -0.2) is 24.5 Å². The summed E-state index contributed by atoms with van der Waals surface area (Å²) in [4.78, 5) is 26.9. The van der Waals surface area contributed by atoms with Gasteiger partial charge in [-0.3, -0.25) is 4.79 Å². The Balaban J connectivity index is 1.62. The van der Waals surface area contributed by atoms with Gasteiger partial charge in [-0.15, -0.1) is 11.3 Å². The molecule has 0 saturated heterocycles. The Morgan fingerprint density at radius 1 is 1.12 bits per heavy atom. The Bertz CT molecular complexity index is 833. The standard InChI is InChI=1S/C20H21NO3S/c1-24-19(23)20(10-4-5-11-20)21-18(22)16-12-14-9-8-13-6-2-3-7-15(13)17(14)25-16/h2-3,6-7,12H,4-5,8-11H2,1H3,(H,21,22). The summed E-state index contributed by atoms with van der Waals surface area (Å²) in [5.41, 5.74) is 2.95. The Morgan fingerprint density at radius 2 is 1.84 bits per heavy atom. The summed E-state index contributed by atoms with van der Waals surface area (Å²) >= 11 is 1.52. The third-order valence-corrected chi connectivity index (χ3v) is 6.55. The third-order valence-electron chi connectivity index (χ3n) is 5.34. The van der Waals surface area contributed by atoms with E-state index in [9.17, 15) is 9.59 Å². The van der Waals surface area contributed by atoms with Crippen LogP contribution in [0.4, 0.5) is 0 Å². The fourth-order valence-corrected chi connectivity index (χ4v) is 5.18. The lowest BCUT2D eigenvalue weighted by Gasteiger charge is -2.26. The lowest BCUT2D eigenvalue weighted by Crippen LogP contribution is -2.53. The predicted molar refractivity (Wildman–Crippen MR) is 97.8 cm³/mol. The van der Waals surface area contributed by atoms with Gasteiger partial charge < -0.3 is 10.1 Å². The van der Waals surface area contributed by atoms with E-state index in [1.807, 2.05) is 12.1 Å².